The Kier molecular flexibility index (Phi) is 3.72. The second-order valence-electron chi connectivity index (χ2n) is 2.32. The van der Waals surface area contributed by atoms with Crippen molar-refractivity contribution < 1.29 is 4.79 Å². The second-order valence-corrected chi connectivity index (χ2v) is 2.32. The maximum atomic E-state index is 10.8. The molecule has 0 heterocycles. The number of carbonyl (C=O) groups excluding carboxylic acids is 1. The van der Waals surface area contributed by atoms with Crippen molar-refractivity contribution in [1.29, 1.82) is 0 Å². The Balaban J connectivity index is 3.68. The van der Waals surface area contributed by atoms with Crippen LogP contribution in [0.1, 0.15) is 13.8 Å². The van der Waals surface area contributed by atoms with E-state index in [1.54, 1.807) is 13.0 Å². The van der Waals surface area contributed by atoms with Crippen LogP contribution in [0.15, 0.2) is 12.7 Å². The highest BCUT2D eigenvalue weighted by molar-refractivity contribution is 5.81. The van der Waals surface area contributed by atoms with E-state index in [0.717, 1.165) is 0 Å². The molecule has 0 aliphatic carbocycles. The van der Waals surface area contributed by atoms with Crippen molar-refractivity contribution in [2.45, 2.75) is 25.9 Å². The van der Waals surface area contributed by atoms with Gasteiger partial charge in [0.05, 0.1) is 6.04 Å². The van der Waals surface area contributed by atoms with Crippen molar-refractivity contribution in [1.82, 2.24) is 5.32 Å². The number of nitrogens with two attached hydrogens (primary N) is 1. The van der Waals surface area contributed by atoms with Gasteiger partial charge in [0, 0.05) is 6.04 Å². The third kappa shape index (κ3) is 3.25. The van der Waals surface area contributed by atoms with Crippen LogP contribution >= 0.6 is 0 Å². The van der Waals surface area contributed by atoms with Gasteiger partial charge in [0.25, 0.3) is 0 Å². The van der Waals surface area contributed by atoms with Gasteiger partial charge in [0.15, 0.2) is 0 Å². The Morgan fingerprint density at radius 3 is 2.50 bits per heavy atom. The Labute approximate surface area is 61.3 Å². The molecule has 0 radical (unpaired) electrons. The summed E-state index contributed by atoms with van der Waals surface area (Å²) in [6.07, 6.45) is 1.65. The van der Waals surface area contributed by atoms with Crippen LogP contribution in [-0.4, -0.2) is 18.0 Å². The van der Waals surface area contributed by atoms with Crippen LogP contribution in [0.3, 0.4) is 0 Å². The summed E-state index contributed by atoms with van der Waals surface area (Å²) in [7, 11) is 0. The molecule has 0 aromatic carbocycles. The van der Waals surface area contributed by atoms with Gasteiger partial charge in [-0.05, 0) is 13.8 Å². The molecule has 10 heavy (non-hydrogen) atoms. The molecule has 0 aliphatic heterocycles. The smallest absolute Gasteiger partial charge is 0.237 e. The van der Waals surface area contributed by atoms with Crippen molar-refractivity contribution in [2.24, 2.45) is 5.73 Å². The minimum absolute atomic E-state index is 0.00139. The average Bonchev–Trinajstić information content (AvgIpc) is 1.87. The normalized spacial score (nSPS) is 15.5. The summed E-state index contributed by atoms with van der Waals surface area (Å²) in [5, 5.41) is 2.65. The minimum atomic E-state index is -0.442. The highest BCUT2D eigenvalue weighted by Gasteiger charge is 2.07. The molecule has 0 spiro atoms. The van der Waals surface area contributed by atoms with Gasteiger partial charge in [-0.15, -0.1) is 6.58 Å². The fourth-order valence-electron chi connectivity index (χ4n) is 0.415. The zero-order chi connectivity index (χ0) is 8.15. The highest BCUT2D eigenvalue weighted by atomic mass is 16.2. The van der Waals surface area contributed by atoms with Crippen molar-refractivity contribution >= 4 is 5.91 Å². The van der Waals surface area contributed by atoms with Crippen LogP contribution < -0.4 is 11.1 Å². The third-order valence-electron chi connectivity index (χ3n) is 1.14. The Morgan fingerprint density at radius 2 is 2.20 bits per heavy atom. The van der Waals surface area contributed by atoms with E-state index in [9.17, 15) is 4.79 Å². The molecule has 0 aromatic rings. The van der Waals surface area contributed by atoms with Crippen LogP contribution in [0.25, 0.3) is 0 Å². The molecular formula is C7H14N2O. The Hall–Kier alpha value is -0.830. The SMILES string of the molecule is C=CC(C)NC(=O)[C@H](C)N. The molecular weight excluding hydrogens is 128 g/mol. The molecule has 1 amide bonds. The first-order valence-electron chi connectivity index (χ1n) is 3.26. The first kappa shape index (κ1) is 9.17. The number of rotatable bonds is 3. The van der Waals surface area contributed by atoms with E-state index in [-0.39, 0.29) is 11.9 Å². The topological polar surface area (TPSA) is 55.1 Å². The summed E-state index contributed by atoms with van der Waals surface area (Å²) in [4.78, 5) is 10.8. The minimum Gasteiger partial charge on any atom is -0.349 e. The van der Waals surface area contributed by atoms with E-state index < -0.39 is 6.04 Å². The molecule has 3 heteroatoms. The highest BCUT2D eigenvalue weighted by Crippen LogP contribution is 1.83. The lowest BCUT2D eigenvalue weighted by Crippen LogP contribution is -2.41. The lowest BCUT2D eigenvalue weighted by atomic mass is 10.3. The lowest BCUT2D eigenvalue weighted by molar-refractivity contribution is -0.122. The predicted octanol–water partition coefficient (Wildman–Crippen LogP) is 0.0243. The summed E-state index contributed by atoms with van der Waals surface area (Å²) >= 11 is 0. The van der Waals surface area contributed by atoms with Gasteiger partial charge in [-0.2, -0.15) is 0 Å². The van der Waals surface area contributed by atoms with Crippen molar-refractivity contribution in [2.75, 3.05) is 0 Å². The molecule has 0 fully saturated rings. The predicted molar refractivity (Wildman–Crippen MR) is 41.5 cm³/mol. The third-order valence-corrected chi connectivity index (χ3v) is 1.14. The first-order valence-corrected chi connectivity index (χ1v) is 3.26. The molecule has 0 rings (SSSR count). The zero-order valence-corrected chi connectivity index (χ0v) is 6.42. The van der Waals surface area contributed by atoms with Gasteiger partial charge in [0.2, 0.25) is 5.91 Å². The summed E-state index contributed by atoms with van der Waals surface area (Å²) in [5.41, 5.74) is 5.29. The second kappa shape index (κ2) is 4.06. The van der Waals surface area contributed by atoms with Gasteiger partial charge in [-0.3, -0.25) is 4.79 Å². The van der Waals surface area contributed by atoms with E-state index in [0.29, 0.717) is 0 Å². The van der Waals surface area contributed by atoms with Crippen LogP contribution in [0.5, 0.6) is 0 Å². The standard InChI is InChI=1S/C7H14N2O/c1-4-5(2)9-7(10)6(3)8/h4-6H,1,8H2,2-3H3,(H,9,10)/t5?,6-/m0/s1. The molecule has 3 nitrogen and oxygen atoms in total. The van der Waals surface area contributed by atoms with E-state index in [2.05, 4.69) is 11.9 Å². The molecule has 1 unspecified atom stereocenters. The number of hydrogen-bond donors (Lipinski definition) is 2. The maximum Gasteiger partial charge on any atom is 0.237 e. The van der Waals surface area contributed by atoms with Crippen LogP contribution in [-0.2, 0) is 4.79 Å². The van der Waals surface area contributed by atoms with E-state index in [1.807, 2.05) is 6.92 Å². The molecule has 3 N–H and O–H groups in total. The molecule has 0 aromatic heterocycles. The fraction of sp³-hybridized carbons (Fsp3) is 0.571. The summed E-state index contributed by atoms with van der Waals surface area (Å²) in [6.45, 7) is 7.00. The quantitative estimate of drug-likeness (QED) is 0.546. The maximum absolute atomic E-state index is 10.8. The lowest BCUT2D eigenvalue weighted by Gasteiger charge is -2.10. The molecule has 0 aliphatic rings. The van der Waals surface area contributed by atoms with Crippen LogP contribution in [0.4, 0.5) is 0 Å². The number of nitrogens with one attached hydrogen (secondary N) is 1. The van der Waals surface area contributed by atoms with Gasteiger partial charge >= 0.3 is 0 Å². The Bertz CT molecular complexity index is 132. The number of hydrogen-bond acceptors (Lipinski definition) is 2. The zero-order valence-electron chi connectivity index (χ0n) is 6.42. The number of amides is 1. The molecule has 58 valence electrons. The van der Waals surface area contributed by atoms with Crippen molar-refractivity contribution in [3.8, 4) is 0 Å². The van der Waals surface area contributed by atoms with E-state index >= 15 is 0 Å². The fourth-order valence-corrected chi connectivity index (χ4v) is 0.415. The van der Waals surface area contributed by atoms with Gasteiger partial charge in [-0.25, -0.2) is 0 Å². The van der Waals surface area contributed by atoms with Crippen LogP contribution in [0, 0.1) is 0 Å². The molecule has 2 atom stereocenters. The van der Waals surface area contributed by atoms with Crippen molar-refractivity contribution in [3.05, 3.63) is 12.7 Å². The molecule has 0 bridgehead atoms. The summed E-state index contributed by atoms with van der Waals surface area (Å²) in [6, 6.07) is -0.444. The van der Waals surface area contributed by atoms with E-state index in [4.69, 9.17) is 5.73 Å². The van der Waals surface area contributed by atoms with Gasteiger partial charge in [0.1, 0.15) is 0 Å². The van der Waals surface area contributed by atoms with E-state index in [1.165, 1.54) is 0 Å². The molecule has 0 saturated heterocycles. The van der Waals surface area contributed by atoms with Crippen molar-refractivity contribution in [3.63, 3.8) is 0 Å². The van der Waals surface area contributed by atoms with Gasteiger partial charge < -0.3 is 11.1 Å². The first-order chi connectivity index (χ1) is 4.57. The molecule has 0 saturated carbocycles. The largest absolute Gasteiger partial charge is 0.349 e. The summed E-state index contributed by atoms with van der Waals surface area (Å²) in [5.74, 6) is -0.146. The Morgan fingerprint density at radius 1 is 1.70 bits per heavy atom. The van der Waals surface area contributed by atoms with Gasteiger partial charge in [-0.1, -0.05) is 6.08 Å². The summed E-state index contributed by atoms with van der Waals surface area (Å²) < 4.78 is 0. The number of carbonyl (C=O) groups is 1. The van der Waals surface area contributed by atoms with Crippen LogP contribution in [0.2, 0.25) is 0 Å². The average molecular weight is 142 g/mol. The monoisotopic (exact) mass is 142 g/mol.